The van der Waals surface area contributed by atoms with E-state index in [9.17, 15) is 56.7 Å². The highest BCUT2D eigenvalue weighted by atomic mass is 35.5. The minimum absolute atomic E-state index is 0.0580. The Morgan fingerprint density at radius 1 is 0.648 bits per heavy atom. The number of rotatable bonds is 10. The summed E-state index contributed by atoms with van der Waals surface area (Å²) in [6, 6.07) is 14.9. The fourth-order valence-corrected chi connectivity index (χ4v) is 7.89. The Labute approximate surface area is 309 Å². The highest BCUT2D eigenvalue weighted by molar-refractivity contribution is 7.91. The van der Waals surface area contributed by atoms with Crippen LogP contribution in [-0.2, 0) is 40.5 Å². The van der Waals surface area contributed by atoms with E-state index in [1.807, 2.05) is 0 Å². The molecule has 0 bridgehead atoms. The first-order valence-corrected chi connectivity index (χ1v) is 20.5. The zero-order valence-corrected chi connectivity index (χ0v) is 30.3. The first kappa shape index (κ1) is 38.3. The van der Waals surface area contributed by atoms with Crippen molar-refractivity contribution in [2.75, 3.05) is 16.1 Å². The SMILES string of the molecule is O=C1C(=NNc2cc3c(S(=O)(=O)O)cc(S(=O)(=O)O)cc3cc2S(=O)(=O)O)C(S(=O)(=O)O)=Cc2cc(Nc3nc(Cl)nc(Nc4ccccc4)n3)ccc21. The monoisotopic (exact) mass is 837 g/mol. The quantitative estimate of drug-likeness (QED) is 0.0777. The van der Waals surface area contributed by atoms with Crippen molar-refractivity contribution in [1.82, 2.24) is 15.0 Å². The van der Waals surface area contributed by atoms with Crippen LogP contribution in [0.4, 0.5) is 29.0 Å². The van der Waals surface area contributed by atoms with Crippen molar-refractivity contribution in [2.24, 2.45) is 5.10 Å². The lowest BCUT2D eigenvalue weighted by Crippen LogP contribution is -2.27. The molecule has 0 spiro atoms. The van der Waals surface area contributed by atoms with Gasteiger partial charge < -0.3 is 10.6 Å². The lowest BCUT2D eigenvalue weighted by Gasteiger charge is -2.18. The van der Waals surface area contributed by atoms with Crippen LogP contribution in [0, 0.1) is 0 Å². The van der Waals surface area contributed by atoms with E-state index < -0.39 is 88.0 Å². The molecule has 0 fully saturated rings. The van der Waals surface area contributed by atoms with E-state index in [1.165, 1.54) is 18.2 Å². The second-order valence-electron chi connectivity index (χ2n) is 11.0. The van der Waals surface area contributed by atoms with Crippen LogP contribution in [0.15, 0.2) is 97.5 Å². The second kappa shape index (κ2) is 13.8. The van der Waals surface area contributed by atoms with Gasteiger partial charge in [-0.3, -0.25) is 28.4 Å². The molecule has 4 aromatic carbocycles. The molecule has 0 amide bonds. The van der Waals surface area contributed by atoms with Gasteiger partial charge in [0.1, 0.15) is 14.7 Å². The number of nitrogens with one attached hydrogen (secondary N) is 3. The number of para-hydroxylation sites is 1. The van der Waals surface area contributed by atoms with Gasteiger partial charge >= 0.3 is 0 Å². The number of nitrogens with zero attached hydrogens (tertiary/aromatic N) is 4. The van der Waals surface area contributed by atoms with Crippen LogP contribution < -0.4 is 16.1 Å². The molecule has 0 atom stereocenters. The van der Waals surface area contributed by atoms with E-state index in [4.69, 9.17) is 11.6 Å². The van der Waals surface area contributed by atoms with Crippen molar-refractivity contribution in [3.05, 3.63) is 94.1 Å². The Kier molecular flexibility index (Phi) is 9.76. The van der Waals surface area contributed by atoms with Gasteiger partial charge in [-0.2, -0.15) is 53.7 Å². The van der Waals surface area contributed by atoms with Crippen LogP contribution >= 0.6 is 11.6 Å². The zero-order chi connectivity index (χ0) is 39.4. The number of fused-ring (bicyclic) bond motifs is 2. The number of anilines is 5. The van der Waals surface area contributed by atoms with Crippen molar-refractivity contribution < 1.29 is 56.7 Å². The third kappa shape index (κ3) is 8.20. The molecule has 0 radical (unpaired) electrons. The summed E-state index contributed by atoms with van der Waals surface area (Å²) in [6.45, 7) is 0. The maximum Gasteiger partial charge on any atom is 0.296 e. The van der Waals surface area contributed by atoms with Gasteiger partial charge in [0.2, 0.25) is 23.0 Å². The average Bonchev–Trinajstić information content (AvgIpc) is 3.05. The number of ketones is 1. The van der Waals surface area contributed by atoms with Crippen molar-refractivity contribution in [1.29, 1.82) is 0 Å². The molecule has 1 aromatic heterocycles. The maximum absolute atomic E-state index is 13.6. The van der Waals surface area contributed by atoms with Crippen molar-refractivity contribution in [2.45, 2.75) is 14.7 Å². The Balaban J connectivity index is 1.40. The van der Waals surface area contributed by atoms with Crippen LogP contribution in [0.2, 0.25) is 5.28 Å². The molecule has 1 heterocycles. The van der Waals surface area contributed by atoms with Crippen LogP contribution in [0.3, 0.4) is 0 Å². The predicted octanol–water partition coefficient (Wildman–Crippen LogP) is 3.80. The molecule has 54 heavy (non-hydrogen) atoms. The third-order valence-corrected chi connectivity index (χ3v) is 11.0. The van der Waals surface area contributed by atoms with Crippen molar-refractivity contribution in [3.63, 3.8) is 0 Å². The van der Waals surface area contributed by atoms with Gasteiger partial charge in [-0.25, -0.2) is 0 Å². The van der Waals surface area contributed by atoms with E-state index in [2.05, 4.69) is 36.1 Å². The molecule has 0 unspecified atom stereocenters. The van der Waals surface area contributed by atoms with Gasteiger partial charge in [0.05, 0.1) is 10.6 Å². The van der Waals surface area contributed by atoms with Crippen molar-refractivity contribution >= 4 is 109 Å². The number of aromatic nitrogens is 3. The van der Waals surface area contributed by atoms with Crippen molar-refractivity contribution in [3.8, 4) is 0 Å². The molecule has 0 aliphatic heterocycles. The molecule has 7 N–H and O–H groups in total. The Morgan fingerprint density at radius 2 is 1.28 bits per heavy atom. The maximum atomic E-state index is 13.6. The van der Waals surface area contributed by atoms with E-state index in [1.54, 1.807) is 30.3 Å². The number of Topliss-reactive ketones (excluding diaryl/α,β-unsaturated/α-hetero) is 1. The van der Waals surface area contributed by atoms with Crippen LogP contribution in [0.5, 0.6) is 0 Å². The van der Waals surface area contributed by atoms with Crippen LogP contribution in [0.25, 0.3) is 16.8 Å². The van der Waals surface area contributed by atoms with Gasteiger partial charge in [0, 0.05) is 22.3 Å². The average molecular weight is 838 g/mol. The summed E-state index contributed by atoms with van der Waals surface area (Å²) in [5.74, 6) is -1.11. The fraction of sp³-hybridized carbons (Fsp3) is 0. The molecule has 1 aliphatic rings. The lowest BCUT2D eigenvalue weighted by atomic mass is 9.94. The topological polar surface area (TPSA) is 322 Å². The highest BCUT2D eigenvalue weighted by Crippen LogP contribution is 2.35. The summed E-state index contributed by atoms with van der Waals surface area (Å²) in [7, 11) is -20.9. The lowest BCUT2D eigenvalue weighted by molar-refractivity contribution is 0.106. The Hall–Kier alpha value is -5.44. The third-order valence-electron chi connectivity index (χ3n) is 7.33. The first-order chi connectivity index (χ1) is 25.1. The minimum Gasteiger partial charge on any atom is -0.324 e. The molecule has 0 saturated carbocycles. The van der Waals surface area contributed by atoms with E-state index in [0.717, 1.165) is 6.08 Å². The summed E-state index contributed by atoms with van der Waals surface area (Å²) in [4.78, 5) is 21.4. The minimum atomic E-state index is -5.29. The van der Waals surface area contributed by atoms with Gasteiger partial charge in [0.15, 0.2) is 5.71 Å². The normalized spacial score (nSPS) is 14.4. The predicted molar refractivity (Wildman–Crippen MR) is 193 cm³/mol. The van der Waals surface area contributed by atoms with Gasteiger partial charge in [-0.1, -0.05) is 18.2 Å². The number of carbonyl (C=O) groups is 1. The Morgan fingerprint density at radius 3 is 1.87 bits per heavy atom. The van der Waals surface area contributed by atoms with Gasteiger partial charge in [-0.05, 0) is 83.2 Å². The molecule has 1 aliphatic carbocycles. The summed E-state index contributed by atoms with van der Waals surface area (Å²) in [5, 5.41) is 8.15. The number of hydrazone groups is 1. The number of halogens is 1. The van der Waals surface area contributed by atoms with Crippen LogP contribution in [-0.4, -0.2) is 78.3 Å². The highest BCUT2D eigenvalue weighted by Gasteiger charge is 2.33. The van der Waals surface area contributed by atoms with Gasteiger partial charge in [0.25, 0.3) is 40.5 Å². The zero-order valence-electron chi connectivity index (χ0n) is 26.3. The summed E-state index contributed by atoms with van der Waals surface area (Å²) < 4.78 is 137. The van der Waals surface area contributed by atoms with E-state index in [-0.39, 0.29) is 34.0 Å². The summed E-state index contributed by atoms with van der Waals surface area (Å²) >= 11 is 6.06. The van der Waals surface area contributed by atoms with E-state index >= 15 is 0 Å². The molecular weight excluding hydrogens is 818 g/mol. The molecule has 25 heteroatoms. The smallest absolute Gasteiger partial charge is 0.296 e. The van der Waals surface area contributed by atoms with Crippen LogP contribution in [0.1, 0.15) is 15.9 Å². The molecular formula is C29H20ClN7O13S4. The number of carbonyl (C=O) groups excluding carboxylic acids is 1. The molecule has 20 nitrogen and oxygen atoms in total. The first-order valence-electron chi connectivity index (χ1n) is 14.3. The van der Waals surface area contributed by atoms with Gasteiger partial charge in [-0.15, -0.1) is 0 Å². The molecule has 280 valence electrons. The molecule has 0 saturated heterocycles. The molecule has 6 rings (SSSR count). The molecule has 5 aromatic rings. The van der Waals surface area contributed by atoms with E-state index in [0.29, 0.717) is 30.0 Å². The summed E-state index contributed by atoms with van der Waals surface area (Å²) in [6.07, 6.45) is 0.859. The fourth-order valence-electron chi connectivity index (χ4n) is 5.07. The number of hydrogen-bond donors (Lipinski definition) is 7. The largest absolute Gasteiger partial charge is 0.324 e. The summed E-state index contributed by atoms with van der Waals surface area (Å²) in [5.41, 5.74) is 0.861. The Bertz CT molecular complexity index is 2950. The number of hydrogen-bond acceptors (Lipinski definition) is 16. The number of benzene rings is 4. The second-order valence-corrected chi connectivity index (χ2v) is 16.9. The number of allylic oxidation sites excluding steroid dienone is 1. The standard InChI is InChI=1S/C29H20ClN7O13S4/c30-27-33-28(31-16-4-2-1-3-5-16)35-29(34-27)32-17-6-7-19-14(8-17)11-24(54(48,49)50)25(26(19)38)37-36-21-13-20-15(10-23(21)53(45,46)47)9-18(51(39,40)41)12-22(20)52(42,43)44/h1-13,36H,(H,39,40,41)(H,42,43,44)(H,45,46,47)(H,48,49,50)(H2,31,32,33,34,35).